The summed E-state index contributed by atoms with van der Waals surface area (Å²) in [4.78, 5) is 13.3. The molecule has 132 valence electrons. The van der Waals surface area contributed by atoms with Crippen molar-refractivity contribution in [2.24, 2.45) is 0 Å². The van der Waals surface area contributed by atoms with E-state index in [-0.39, 0.29) is 11.3 Å². The first-order valence-electron chi connectivity index (χ1n) is 7.84. The zero-order chi connectivity index (χ0) is 18.5. The average molecular weight is 386 g/mol. The van der Waals surface area contributed by atoms with Crippen LogP contribution in [0.15, 0.2) is 76.5 Å². The van der Waals surface area contributed by atoms with Crippen LogP contribution in [-0.2, 0) is 6.54 Å². The Morgan fingerprint density at radius 3 is 2.50 bits per heavy atom. The third kappa shape index (κ3) is 4.50. The van der Waals surface area contributed by atoms with Gasteiger partial charge in [-0.05, 0) is 54.1 Å². The minimum absolute atomic E-state index is 0.126. The Bertz CT molecular complexity index is 929. The first-order chi connectivity index (χ1) is 12.5. The monoisotopic (exact) mass is 385 g/mol. The van der Waals surface area contributed by atoms with Crippen molar-refractivity contribution in [3.05, 3.63) is 82.9 Å². The van der Waals surface area contributed by atoms with E-state index in [1.807, 2.05) is 48.5 Å². The molecule has 3 N–H and O–H groups in total. The predicted molar refractivity (Wildman–Crippen MR) is 104 cm³/mol. The van der Waals surface area contributed by atoms with Crippen LogP contribution in [0.25, 0.3) is 0 Å². The summed E-state index contributed by atoms with van der Waals surface area (Å²) in [5.74, 6) is -1.41. The fraction of sp³-hybridized carbons (Fsp3) is 0.0500. The second-order valence-corrected chi connectivity index (χ2v) is 7.11. The van der Waals surface area contributed by atoms with Gasteiger partial charge in [-0.25, -0.2) is 4.79 Å². The first kappa shape index (κ1) is 18.2. The molecule has 0 spiro atoms. The van der Waals surface area contributed by atoms with Gasteiger partial charge in [0.15, 0.2) is 0 Å². The fourth-order valence-electron chi connectivity index (χ4n) is 2.39. The minimum atomic E-state index is -1.16. The van der Waals surface area contributed by atoms with E-state index in [1.165, 1.54) is 12.1 Å². The Balaban J connectivity index is 1.75. The second-order valence-electron chi connectivity index (χ2n) is 5.55. The number of hydrogen-bond acceptors (Lipinski definition) is 4. The van der Waals surface area contributed by atoms with Gasteiger partial charge < -0.3 is 15.5 Å². The van der Waals surface area contributed by atoms with Crippen molar-refractivity contribution in [2.45, 2.75) is 16.3 Å². The van der Waals surface area contributed by atoms with Crippen molar-refractivity contribution in [1.82, 2.24) is 0 Å². The highest BCUT2D eigenvalue weighted by molar-refractivity contribution is 7.99. The van der Waals surface area contributed by atoms with Crippen LogP contribution in [0.3, 0.4) is 0 Å². The summed E-state index contributed by atoms with van der Waals surface area (Å²) in [6, 6.07) is 20.1. The van der Waals surface area contributed by atoms with Crippen LogP contribution in [0.2, 0.25) is 5.02 Å². The maximum atomic E-state index is 11.1. The number of benzene rings is 3. The molecule has 0 bridgehead atoms. The van der Waals surface area contributed by atoms with Crippen LogP contribution in [0.1, 0.15) is 15.9 Å². The maximum Gasteiger partial charge on any atom is 0.339 e. The summed E-state index contributed by atoms with van der Waals surface area (Å²) in [6.07, 6.45) is 0. The minimum Gasteiger partial charge on any atom is -0.507 e. The molecule has 0 saturated carbocycles. The number of nitrogens with one attached hydrogen (secondary N) is 1. The summed E-state index contributed by atoms with van der Waals surface area (Å²) in [5.41, 5.74) is 1.59. The van der Waals surface area contributed by atoms with Crippen LogP contribution in [-0.4, -0.2) is 16.2 Å². The molecule has 6 heteroatoms. The number of carboxylic acids is 1. The zero-order valence-electron chi connectivity index (χ0n) is 13.6. The van der Waals surface area contributed by atoms with Crippen molar-refractivity contribution >= 4 is 35.0 Å². The summed E-state index contributed by atoms with van der Waals surface area (Å²) in [5, 5.41) is 22.6. The van der Waals surface area contributed by atoms with Crippen LogP contribution in [0, 0.1) is 0 Å². The Kier molecular flexibility index (Phi) is 5.71. The SMILES string of the molecule is O=C(O)c1cc(NCc2ccccc2Sc2ccc(Cl)cc2)ccc1O. The molecule has 0 fully saturated rings. The molecule has 26 heavy (non-hydrogen) atoms. The molecule has 0 heterocycles. The van der Waals surface area contributed by atoms with Gasteiger partial charge in [-0.1, -0.05) is 41.6 Å². The molecule has 4 nitrogen and oxygen atoms in total. The molecular formula is C20H16ClNO3S. The molecule has 3 aromatic rings. The van der Waals surface area contributed by atoms with Crippen molar-refractivity contribution < 1.29 is 15.0 Å². The van der Waals surface area contributed by atoms with Gasteiger partial charge in [-0.2, -0.15) is 0 Å². The lowest BCUT2D eigenvalue weighted by Gasteiger charge is -2.12. The summed E-state index contributed by atoms with van der Waals surface area (Å²) in [6.45, 7) is 0.528. The van der Waals surface area contributed by atoms with Gasteiger partial charge in [0.1, 0.15) is 11.3 Å². The number of carbonyl (C=O) groups is 1. The van der Waals surface area contributed by atoms with Crippen LogP contribution in [0.5, 0.6) is 5.75 Å². The number of carboxylic acid groups (broad SMARTS) is 1. The number of halogens is 1. The van der Waals surface area contributed by atoms with Crippen LogP contribution in [0.4, 0.5) is 5.69 Å². The van der Waals surface area contributed by atoms with Gasteiger partial charge in [0.2, 0.25) is 0 Å². The van der Waals surface area contributed by atoms with E-state index in [1.54, 1.807) is 17.8 Å². The highest BCUT2D eigenvalue weighted by atomic mass is 35.5. The largest absolute Gasteiger partial charge is 0.507 e. The predicted octanol–water partition coefficient (Wildman–Crippen LogP) is 5.51. The molecule has 0 saturated heterocycles. The van der Waals surface area contributed by atoms with Gasteiger partial charge in [-0.15, -0.1) is 0 Å². The van der Waals surface area contributed by atoms with Crippen LogP contribution >= 0.6 is 23.4 Å². The number of aromatic hydroxyl groups is 1. The standard InChI is InChI=1S/C20H16ClNO3S/c21-14-5-8-16(9-6-14)26-19-4-2-1-3-13(19)12-22-15-7-10-18(23)17(11-15)20(24)25/h1-11,22-23H,12H2,(H,24,25). The lowest BCUT2D eigenvalue weighted by atomic mass is 10.1. The average Bonchev–Trinajstić information content (AvgIpc) is 2.64. The zero-order valence-corrected chi connectivity index (χ0v) is 15.2. The number of anilines is 1. The summed E-state index contributed by atoms with van der Waals surface area (Å²) < 4.78 is 0. The van der Waals surface area contributed by atoms with Gasteiger partial charge >= 0.3 is 5.97 Å². The van der Waals surface area contributed by atoms with Gasteiger partial charge in [-0.3, -0.25) is 0 Å². The Labute approximate surface area is 160 Å². The quantitative estimate of drug-likeness (QED) is 0.488. The van der Waals surface area contributed by atoms with Gasteiger partial charge in [0.05, 0.1) is 0 Å². The second kappa shape index (κ2) is 8.17. The molecule has 3 rings (SSSR count). The van der Waals surface area contributed by atoms with Crippen LogP contribution < -0.4 is 5.32 Å². The van der Waals surface area contributed by atoms with E-state index in [9.17, 15) is 9.90 Å². The van der Waals surface area contributed by atoms with Crippen molar-refractivity contribution in [2.75, 3.05) is 5.32 Å². The van der Waals surface area contributed by atoms with Gasteiger partial charge in [0, 0.05) is 27.0 Å². The van der Waals surface area contributed by atoms with Crippen molar-refractivity contribution in [3.8, 4) is 5.75 Å². The molecule has 0 aliphatic heterocycles. The molecule has 0 atom stereocenters. The highest BCUT2D eigenvalue weighted by Gasteiger charge is 2.10. The van der Waals surface area contributed by atoms with E-state index in [2.05, 4.69) is 5.32 Å². The summed E-state index contributed by atoms with van der Waals surface area (Å²) >= 11 is 7.57. The third-order valence-electron chi connectivity index (χ3n) is 3.72. The lowest BCUT2D eigenvalue weighted by molar-refractivity contribution is 0.0694. The van der Waals surface area contributed by atoms with E-state index >= 15 is 0 Å². The number of phenols is 1. The molecule has 0 aliphatic rings. The molecule has 0 aliphatic carbocycles. The third-order valence-corrected chi connectivity index (χ3v) is 5.10. The molecule has 0 radical (unpaired) electrons. The Hall–Kier alpha value is -2.63. The molecule has 0 aromatic heterocycles. The summed E-state index contributed by atoms with van der Waals surface area (Å²) in [7, 11) is 0. The molecule has 0 unspecified atom stereocenters. The van der Waals surface area contributed by atoms with E-state index in [0.717, 1.165) is 15.4 Å². The Morgan fingerprint density at radius 2 is 1.77 bits per heavy atom. The van der Waals surface area contributed by atoms with E-state index in [0.29, 0.717) is 17.3 Å². The van der Waals surface area contributed by atoms with Crippen molar-refractivity contribution in [3.63, 3.8) is 0 Å². The van der Waals surface area contributed by atoms with Gasteiger partial charge in [0.25, 0.3) is 0 Å². The number of aromatic carboxylic acids is 1. The van der Waals surface area contributed by atoms with E-state index in [4.69, 9.17) is 16.7 Å². The highest BCUT2D eigenvalue weighted by Crippen LogP contribution is 2.31. The Morgan fingerprint density at radius 1 is 1.04 bits per heavy atom. The van der Waals surface area contributed by atoms with Crippen molar-refractivity contribution in [1.29, 1.82) is 0 Å². The molecular weight excluding hydrogens is 370 g/mol. The molecule has 3 aromatic carbocycles. The first-order valence-corrected chi connectivity index (χ1v) is 9.04. The fourth-order valence-corrected chi connectivity index (χ4v) is 3.46. The van der Waals surface area contributed by atoms with E-state index < -0.39 is 5.97 Å². The topological polar surface area (TPSA) is 69.6 Å². The smallest absolute Gasteiger partial charge is 0.339 e. The lowest BCUT2D eigenvalue weighted by Crippen LogP contribution is -2.03. The number of rotatable bonds is 6. The number of hydrogen-bond donors (Lipinski definition) is 3. The normalized spacial score (nSPS) is 10.5. The molecule has 0 amide bonds. The maximum absolute atomic E-state index is 11.1.